The van der Waals surface area contributed by atoms with Gasteiger partial charge in [0.1, 0.15) is 0 Å². The van der Waals surface area contributed by atoms with Crippen LogP contribution in [0.25, 0.3) is 0 Å². The Morgan fingerprint density at radius 1 is 1.47 bits per heavy atom. The molecule has 0 aliphatic heterocycles. The van der Waals surface area contributed by atoms with Gasteiger partial charge in [-0.25, -0.2) is 4.57 Å². The minimum Gasteiger partial charge on any atom is -0.397 e. The van der Waals surface area contributed by atoms with E-state index in [9.17, 15) is 9.36 Å². The molecule has 15 heavy (non-hydrogen) atoms. The van der Waals surface area contributed by atoms with Gasteiger partial charge in [0, 0.05) is 14.1 Å². The number of phosphoric acid groups is 1. The SMILES string of the molecule is CN(C)C(=O)C(OP(=O)(O)O)=C(Cl)CCl. The van der Waals surface area contributed by atoms with Gasteiger partial charge in [-0.2, -0.15) is 0 Å². The molecule has 0 aromatic heterocycles. The first-order chi connectivity index (χ1) is 6.69. The van der Waals surface area contributed by atoms with Crippen molar-refractivity contribution in [3.63, 3.8) is 0 Å². The lowest BCUT2D eigenvalue weighted by molar-refractivity contribution is -0.127. The number of phosphoric ester groups is 1. The highest BCUT2D eigenvalue weighted by atomic mass is 35.5. The number of hydrogen-bond acceptors (Lipinski definition) is 3. The Morgan fingerprint density at radius 2 is 1.93 bits per heavy atom. The van der Waals surface area contributed by atoms with E-state index in [4.69, 9.17) is 33.0 Å². The Kier molecular flexibility index (Phi) is 5.62. The average molecular weight is 278 g/mol. The molecule has 0 spiro atoms. The maximum absolute atomic E-state index is 11.4. The van der Waals surface area contributed by atoms with Crippen LogP contribution in [0.3, 0.4) is 0 Å². The topological polar surface area (TPSA) is 87.1 Å². The number of amides is 1. The summed E-state index contributed by atoms with van der Waals surface area (Å²) in [6.45, 7) is 0. The molecule has 0 saturated carbocycles. The summed E-state index contributed by atoms with van der Waals surface area (Å²) in [5.74, 6) is -1.70. The Labute approximate surface area is 96.7 Å². The fourth-order valence-corrected chi connectivity index (χ4v) is 1.31. The van der Waals surface area contributed by atoms with E-state index < -0.39 is 19.5 Å². The Hall–Kier alpha value is -0.260. The van der Waals surface area contributed by atoms with Crippen LogP contribution in [0, 0.1) is 0 Å². The molecule has 2 N–H and O–H groups in total. The minimum absolute atomic E-state index is 0.265. The zero-order chi connectivity index (χ0) is 12.2. The first-order valence-corrected chi connectivity index (χ1v) is 6.04. The number of nitrogens with zero attached hydrogens (tertiary/aromatic N) is 1. The Bertz CT molecular complexity index is 323. The van der Waals surface area contributed by atoms with Gasteiger partial charge in [0.15, 0.2) is 0 Å². The van der Waals surface area contributed by atoms with Crippen LogP contribution >= 0.6 is 31.0 Å². The van der Waals surface area contributed by atoms with Crippen molar-refractivity contribution in [2.75, 3.05) is 20.0 Å². The molecule has 1 amide bonds. The number of carbonyl (C=O) groups is 1. The van der Waals surface area contributed by atoms with Crippen LogP contribution in [-0.2, 0) is 13.9 Å². The predicted molar refractivity (Wildman–Crippen MR) is 55.4 cm³/mol. The molecule has 0 aliphatic carbocycles. The van der Waals surface area contributed by atoms with E-state index in [-0.39, 0.29) is 10.9 Å². The van der Waals surface area contributed by atoms with Gasteiger partial charge in [-0.15, -0.1) is 11.6 Å². The second kappa shape index (κ2) is 5.72. The highest BCUT2D eigenvalue weighted by molar-refractivity contribution is 7.46. The van der Waals surface area contributed by atoms with Crippen LogP contribution in [0.5, 0.6) is 0 Å². The molecule has 0 atom stereocenters. The fourth-order valence-electron chi connectivity index (χ4n) is 0.587. The van der Waals surface area contributed by atoms with E-state index in [0.717, 1.165) is 4.90 Å². The first kappa shape index (κ1) is 14.7. The lowest BCUT2D eigenvalue weighted by atomic mass is 10.4. The van der Waals surface area contributed by atoms with Gasteiger partial charge in [-0.05, 0) is 0 Å². The van der Waals surface area contributed by atoms with Gasteiger partial charge < -0.3 is 9.42 Å². The van der Waals surface area contributed by atoms with Crippen molar-refractivity contribution in [1.82, 2.24) is 4.90 Å². The van der Waals surface area contributed by atoms with Crippen molar-refractivity contribution in [2.45, 2.75) is 0 Å². The van der Waals surface area contributed by atoms with Crippen LogP contribution in [0.15, 0.2) is 10.8 Å². The third-order valence-corrected chi connectivity index (χ3v) is 2.30. The molecule has 9 heteroatoms. The molecule has 0 aromatic carbocycles. The summed E-state index contributed by atoms with van der Waals surface area (Å²) in [5, 5.41) is -0.265. The van der Waals surface area contributed by atoms with Gasteiger partial charge in [0.2, 0.25) is 5.76 Å². The lowest BCUT2D eigenvalue weighted by Crippen LogP contribution is -2.25. The zero-order valence-corrected chi connectivity index (χ0v) is 10.4. The normalized spacial score (nSPS) is 13.2. The van der Waals surface area contributed by atoms with E-state index >= 15 is 0 Å². The molecule has 0 heterocycles. The zero-order valence-electron chi connectivity index (χ0n) is 7.98. The highest BCUT2D eigenvalue weighted by Crippen LogP contribution is 2.40. The third kappa shape index (κ3) is 5.39. The molecule has 0 radical (unpaired) electrons. The summed E-state index contributed by atoms with van der Waals surface area (Å²) in [7, 11) is -2.07. The van der Waals surface area contributed by atoms with Gasteiger partial charge in [0.05, 0.1) is 10.9 Å². The lowest BCUT2D eigenvalue weighted by Gasteiger charge is -2.15. The van der Waals surface area contributed by atoms with E-state index in [1.807, 2.05) is 0 Å². The average Bonchev–Trinajstić information content (AvgIpc) is 2.10. The second-order valence-electron chi connectivity index (χ2n) is 2.65. The molecule has 0 aliphatic rings. The van der Waals surface area contributed by atoms with Crippen molar-refractivity contribution in [3.8, 4) is 0 Å². The van der Waals surface area contributed by atoms with Crippen molar-refractivity contribution >= 4 is 36.9 Å². The predicted octanol–water partition coefficient (Wildman–Crippen LogP) is 0.873. The van der Waals surface area contributed by atoms with E-state index in [0.29, 0.717) is 0 Å². The van der Waals surface area contributed by atoms with Gasteiger partial charge in [-0.1, -0.05) is 11.6 Å². The van der Waals surface area contributed by atoms with E-state index in [2.05, 4.69) is 4.52 Å². The first-order valence-electron chi connectivity index (χ1n) is 3.60. The molecule has 0 rings (SSSR count). The summed E-state index contributed by atoms with van der Waals surface area (Å²) in [4.78, 5) is 29.5. The fraction of sp³-hybridized carbons (Fsp3) is 0.500. The number of likely N-dealkylation sites (N-methyl/N-ethyl adjacent to an activating group) is 1. The number of carbonyl (C=O) groups excluding carboxylic acids is 1. The Morgan fingerprint density at radius 3 is 2.20 bits per heavy atom. The largest absolute Gasteiger partial charge is 0.525 e. The highest BCUT2D eigenvalue weighted by Gasteiger charge is 2.26. The quantitative estimate of drug-likeness (QED) is 0.345. The van der Waals surface area contributed by atoms with Crippen molar-refractivity contribution in [1.29, 1.82) is 0 Å². The number of halogens is 2. The summed E-state index contributed by atoms with van der Waals surface area (Å²) < 4.78 is 14.7. The van der Waals surface area contributed by atoms with E-state index in [1.165, 1.54) is 14.1 Å². The number of hydrogen-bond donors (Lipinski definition) is 2. The monoisotopic (exact) mass is 277 g/mol. The molecule has 6 nitrogen and oxygen atoms in total. The molecule has 0 bridgehead atoms. The molecule has 88 valence electrons. The maximum atomic E-state index is 11.4. The summed E-state index contributed by atoms with van der Waals surface area (Å²) in [5.41, 5.74) is 0. The van der Waals surface area contributed by atoms with Gasteiger partial charge in [0.25, 0.3) is 5.91 Å². The second-order valence-corrected chi connectivity index (χ2v) is 4.54. The standard InChI is InChI=1S/C6H10Cl2NO5P/c1-9(2)6(10)5(4(8)3-7)14-15(11,12)13/h3H2,1-2H3,(H2,11,12,13). The summed E-state index contributed by atoms with van der Waals surface area (Å²) >= 11 is 10.8. The number of allylic oxidation sites excluding steroid dienone is 1. The molecule has 0 fully saturated rings. The van der Waals surface area contributed by atoms with Crippen LogP contribution in [0.4, 0.5) is 0 Å². The third-order valence-electron chi connectivity index (χ3n) is 1.17. The molecule has 0 saturated heterocycles. The smallest absolute Gasteiger partial charge is 0.397 e. The van der Waals surface area contributed by atoms with Crippen molar-refractivity contribution in [3.05, 3.63) is 10.8 Å². The molecule has 0 unspecified atom stereocenters. The number of rotatable bonds is 4. The van der Waals surface area contributed by atoms with Gasteiger partial charge >= 0.3 is 7.82 Å². The van der Waals surface area contributed by atoms with Gasteiger partial charge in [-0.3, -0.25) is 14.6 Å². The van der Waals surface area contributed by atoms with Crippen LogP contribution in [-0.4, -0.2) is 40.6 Å². The molecular formula is C6H10Cl2NO5P. The van der Waals surface area contributed by atoms with Crippen LogP contribution in [0.2, 0.25) is 0 Å². The van der Waals surface area contributed by atoms with E-state index in [1.54, 1.807) is 0 Å². The molecule has 0 aromatic rings. The van der Waals surface area contributed by atoms with Crippen LogP contribution in [0.1, 0.15) is 0 Å². The number of alkyl halides is 1. The molecular weight excluding hydrogens is 268 g/mol. The summed E-state index contributed by atoms with van der Waals surface area (Å²) in [6.07, 6.45) is 0. The van der Waals surface area contributed by atoms with Crippen molar-refractivity contribution in [2.24, 2.45) is 0 Å². The maximum Gasteiger partial charge on any atom is 0.525 e. The summed E-state index contributed by atoms with van der Waals surface area (Å²) in [6, 6.07) is 0. The van der Waals surface area contributed by atoms with Crippen LogP contribution < -0.4 is 0 Å². The van der Waals surface area contributed by atoms with Crippen molar-refractivity contribution < 1.29 is 23.7 Å². The minimum atomic E-state index is -4.83. The Balaban J connectivity index is 5.10.